The molecule has 0 radical (unpaired) electrons. The van der Waals surface area contributed by atoms with E-state index in [2.05, 4.69) is 0 Å². The summed E-state index contributed by atoms with van der Waals surface area (Å²) >= 11 is 1.69. The van der Waals surface area contributed by atoms with Crippen molar-refractivity contribution in [3.8, 4) is 0 Å². The maximum Gasteiger partial charge on any atom is 0.253 e. The molecule has 1 aromatic carbocycles. The molecule has 2 nitrogen and oxygen atoms in total. The molecule has 0 bridgehead atoms. The molecule has 0 unspecified atom stereocenters. The standard InChI is InChI=1S/C11H11NOS/c1-12(2)11(13)9-3-4-10-8(7-9)5-6-14-10/h3-7H,1-2H3. The molecule has 0 saturated carbocycles. The van der Waals surface area contributed by atoms with Gasteiger partial charge in [-0.1, -0.05) is 0 Å². The van der Waals surface area contributed by atoms with Crippen LogP contribution in [-0.4, -0.2) is 24.9 Å². The lowest BCUT2D eigenvalue weighted by molar-refractivity contribution is 0.0828. The molecule has 2 aromatic rings. The zero-order chi connectivity index (χ0) is 10.1. The largest absolute Gasteiger partial charge is 0.345 e. The summed E-state index contributed by atoms with van der Waals surface area (Å²) in [5.74, 6) is 0.0538. The number of carbonyl (C=O) groups is 1. The third kappa shape index (κ3) is 1.51. The Hall–Kier alpha value is -1.35. The summed E-state index contributed by atoms with van der Waals surface area (Å²) in [6.07, 6.45) is 0. The number of fused-ring (bicyclic) bond motifs is 1. The quantitative estimate of drug-likeness (QED) is 0.700. The molecule has 0 spiro atoms. The Bertz CT molecular complexity index is 473. The zero-order valence-electron chi connectivity index (χ0n) is 8.15. The van der Waals surface area contributed by atoms with E-state index >= 15 is 0 Å². The molecule has 2 rings (SSSR count). The van der Waals surface area contributed by atoms with Crippen LogP contribution in [0.25, 0.3) is 10.1 Å². The van der Waals surface area contributed by atoms with Crippen molar-refractivity contribution >= 4 is 27.3 Å². The lowest BCUT2D eigenvalue weighted by Crippen LogP contribution is -2.21. The summed E-state index contributed by atoms with van der Waals surface area (Å²) in [5.41, 5.74) is 0.751. The molecule has 0 atom stereocenters. The first kappa shape index (κ1) is 9.21. The minimum Gasteiger partial charge on any atom is -0.345 e. The summed E-state index contributed by atoms with van der Waals surface area (Å²) in [4.78, 5) is 13.2. The van der Waals surface area contributed by atoms with Crippen LogP contribution in [0.1, 0.15) is 10.4 Å². The Balaban J connectivity index is 2.48. The molecule has 1 amide bonds. The maximum atomic E-state index is 11.6. The first-order valence-corrected chi connectivity index (χ1v) is 5.25. The summed E-state index contributed by atoms with van der Waals surface area (Å²) < 4.78 is 1.22. The van der Waals surface area contributed by atoms with Gasteiger partial charge in [0.25, 0.3) is 5.91 Å². The van der Waals surface area contributed by atoms with E-state index in [4.69, 9.17) is 0 Å². The highest BCUT2D eigenvalue weighted by atomic mass is 32.1. The fourth-order valence-electron chi connectivity index (χ4n) is 1.36. The van der Waals surface area contributed by atoms with Crippen LogP contribution < -0.4 is 0 Å². The van der Waals surface area contributed by atoms with Crippen LogP contribution in [-0.2, 0) is 0 Å². The Kier molecular flexibility index (Phi) is 2.25. The normalized spacial score (nSPS) is 10.4. The van der Waals surface area contributed by atoms with Gasteiger partial charge in [0.1, 0.15) is 0 Å². The van der Waals surface area contributed by atoms with Crippen molar-refractivity contribution in [3.05, 3.63) is 35.2 Å². The van der Waals surface area contributed by atoms with Gasteiger partial charge in [-0.15, -0.1) is 11.3 Å². The minimum absolute atomic E-state index is 0.0538. The fourth-order valence-corrected chi connectivity index (χ4v) is 2.13. The van der Waals surface area contributed by atoms with Gasteiger partial charge in [-0.3, -0.25) is 4.79 Å². The van der Waals surface area contributed by atoms with Crippen LogP contribution in [0.2, 0.25) is 0 Å². The second-order valence-corrected chi connectivity index (χ2v) is 4.32. The van der Waals surface area contributed by atoms with Crippen LogP contribution in [0.5, 0.6) is 0 Å². The van der Waals surface area contributed by atoms with E-state index in [1.54, 1.807) is 30.3 Å². The van der Waals surface area contributed by atoms with Crippen molar-refractivity contribution in [1.29, 1.82) is 0 Å². The van der Waals surface area contributed by atoms with Gasteiger partial charge in [0.15, 0.2) is 0 Å². The molecule has 14 heavy (non-hydrogen) atoms. The lowest BCUT2D eigenvalue weighted by Gasteiger charge is -2.09. The van der Waals surface area contributed by atoms with Crippen LogP contribution in [0.3, 0.4) is 0 Å². The van der Waals surface area contributed by atoms with Crippen molar-refractivity contribution < 1.29 is 4.79 Å². The monoisotopic (exact) mass is 205 g/mol. The smallest absolute Gasteiger partial charge is 0.253 e. The number of hydrogen-bond donors (Lipinski definition) is 0. The number of rotatable bonds is 1. The van der Waals surface area contributed by atoms with Crippen molar-refractivity contribution in [3.63, 3.8) is 0 Å². The molecule has 1 heterocycles. The molecule has 0 aliphatic carbocycles. The third-order valence-electron chi connectivity index (χ3n) is 2.11. The first-order chi connectivity index (χ1) is 6.68. The van der Waals surface area contributed by atoms with E-state index in [9.17, 15) is 4.79 Å². The van der Waals surface area contributed by atoms with Crippen LogP contribution in [0.4, 0.5) is 0 Å². The molecule has 0 fully saturated rings. The highest BCUT2D eigenvalue weighted by molar-refractivity contribution is 7.17. The second kappa shape index (κ2) is 3.42. The van der Waals surface area contributed by atoms with Crippen molar-refractivity contribution in [2.45, 2.75) is 0 Å². The SMILES string of the molecule is CN(C)C(=O)c1ccc2sccc2c1. The summed E-state index contributed by atoms with van der Waals surface area (Å²) in [6.45, 7) is 0. The number of amides is 1. The number of thiophene rings is 1. The summed E-state index contributed by atoms with van der Waals surface area (Å²) in [6, 6.07) is 7.85. The highest BCUT2D eigenvalue weighted by Crippen LogP contribution is 2.21. The molecule has 72 valence electrons. The Morgan fingerprint density at radius 1 is 1.29 bits per heavy atom. The average Bonchev–Trinajstić information content (AvgIpc) is 2.62. The minimum atomic E-state index is 0.0538. The average molecular weight is 205 g/mol. The van der Waals surface area contributed by atoms with Gasteiger partial charge in [-0.05, 0) is 35.0 Å². The Morgan fingerprint density at radius 3 is 2.79 bits per heavy atom. The van der Waals surface area contributed by atoms with Crippen LogP contribution >= 0.6 is 11.3 Å². The molecule has 3 heteroatoms. The molecule has 1 aromatic heterocycles. The third-order valence-corrected chi connectivity index (χ3v) is 3.00. The topological polar surface area (TPSA) is 20.3 Å². The number of carbonyl (C=O) groups excluding carboxylic acids is 1. The van der Waals surface area contributed by atoms with Gasteiger partial charge < -0.3 is 4.90 Å². The van der Waals surface area contributed by atoms with Gasteiger partial charge in [-0.25, -0.2) is 0 Å². The van der Waals surface area contributed by atoms with Crippen LogP contribution in [0.15, 0.2) is 29.6 Å². The molecule has 0 saturated heterocycles. The van der Waals surface area contributed by atoms with Gasteiger partial charge in [0.2, 0.25) is 0 Å². The molecule has 0 N–H and O–H groups in total. The van der Waals surface area contributed by atoms with Gasteiger partial charge in [0, 0.05) is 24.4 Å². The number of nitrogens with zero attached hydrogens (tertiary/aromatic N) is 1. The van der Waals surface area contributed by atoms with E-state index in [1.165, 1.54) is 4.70 Å². The van der Waals surface area contributed by atoms with Gasteiger partial charge >= 0.3 is 0 Å². The van der Waals surface area contributed by atoms with Crippen molar-refractivity contribution in [2.24, 2.45) is 0 Å². The lowest BCUT2D eigenvalue weighted by atomic mass is 10.1. The predicted molar refractivity (Wildman–Crippen MR) is 59.8 cm³/mol. The Morgan fingerprint density at radius 2 is 2.07 bits per heavy atom. The first-order valence-electron chi connectivity index (χ1n) is 4.37. The molecular formula is C11H11NOS. The number of benzene rings is 1. The maximum absolute atomic E-state index is 11.6. The predicted octanol–water partition coefficient (Wildman–Crippen LogP) is 2.60. The van der Waals surface area contributed by atoms with Gasteiger partial charge in [-0.2, -0.15) is 0 Å². The number of hydrogen-bond acceptors (Lipinski definition) is 2. The van der Waals surface area contributed by atoms with Crippen molar-refractivity contribution in [1.82, 2.24) is 4.90 Å². The van der Waals surface area contributed by atoms with E-state index in [1.807, 2.05) is 29.6 Å². The van der Waals surface area contributed by atoms with Gasteiger partial charge in [0.05, 0.1) is 0 Å². The molecular weight excluding hydrogens is 194 g/mol. The molecule has 0 aliphatic rings. The van der Waals surface area contributed by atoms with E-state index < -0.39 is 0 Å². The van der Waals surface area contributed by atoms with E-state index in [-0.39, 0.29) is 5.91 Å². The van der Waals surface area contributed by atoms with E-state index in [0.717, 1.165) is 10.9 Å². The summed E-state index contributed by atoms with van der Waals surface area (Å²) in [7, 11) is 3.53. The van der Waals surface area contributed by atoms with Crippen molar-refractivity contribution in [2.75, 3.05) is 14.1 Å². The second-order valence-electron chi connectivity index (χ2n) is 3.37. The fraction of sp³-hybridized carbons (Fsp3) is 0.182. The van der Waals surface area contributed by atoms with Crippen LogP contribution in [0, 0.1) is 0 Å². The zero-order valence-corrected chi connectivity index (χ0v) is 8.97. The summed E-state index contributed by atoms with van der Waals surface area (Å²) in [5, 5.41) is 3.18. The van der Waals surface area contributed by atoms with E-state index in [0.29, 0.717) is 0 Å². The molecule has 0 aliphatic heterocycles. The highest BCUT2D eigenvalue weighted by Gasteiger charge is 2.08. The Labute approximate surface area is 86.8 Å².